The van der Waals surface area contributed by atoms with E-state index in [1.54, 1.807) is 26.5 Å². The van der Waals surface area contributed by atoms with Crippen molar-refractivity contribution < 1.29 is 24.9 Å². The Morgan fingerprint density at radius 3 is 2.00 bits per heavy atom. The van der Waals surface area contributed by atoms with Gasteiger partial charge in [0.2, 0.25) is 6.41 Å². The fourth-order valence-electron chi connectivity index (χ4n) is 1.68. The van der Waals surface area contributed by atoms with Gasteiger partial charge in [-0.1, -0.05) is 6.07 Å². The van der Waals surface area contributed by atoms with Crippen molar-refractivity contribution in [1.82, 2.24) is 9.88 Å². The van der Waals surface area contributed by atoms with E-state index in [0.717, 1.165) is 6.41 Å². The number of carbonyl (C=O) groups excluding carboxylic acids is 1. The molecule has 1 aromatic carbocycles. The third-order valence-electron chi connectivity index (χ3n) is 3.20. The highest BCUT2D eigenvalue weighted by Crippen LogP contribution is 2.25. The number of phenolic OH excluding ortho intramolecular Hbond substituents is 2. The van der Waals surface area contributed by atoms with Crippen molar-refractivity contribution in [3.05, 3.63) is 48.3 Å². The number of pyridine rings is 1. The number of aromatic nitrogens is 1. The number of carboxylic acid groups (broad SMARTS) is 1. The van der Waals surface area contributed by atoms with Gasteiger partial charge in [-0.15, -0.1) is 0 Å². The average Bonchev–Trinajstić information content (AvgIpc) is 2.66. The Morgan fingerprint density at radius 1 is 1.11 bits per heavy atom. The molecule has 0 saturated heterocycles. The second kappa shape index (κ2) is 12.9. The summed E-state index contributed by atoms with van der Waals surface area (Å²) in [5.74, 6) is -1.62. The van der Waals surface area contributed by atoms with Crippen molar-refractivity contribution >= 4 is 18.1 Å². The minimum Gasteiger partial charge on any atom is -0.504 e. The lowest BCUT2D eigenvalue weighted by molar-refractivity contribution is -0.138. The highest BCUT2D eigenvalue weighted by molar-refractivity contribution is 5.73. The molecule has 2 aromatic rings. The molecule has 5 N–H and O–H groups in total. The average molecular weight is 392 g/mol. The van der Waals surface area contributed by atoms with Gasteiger partial charge >= 0.3 is 5.97 Å². The zero-order valence-corrected chi connectivity index (χ0v) is 16.5. The molecule has 1 aromatic heterocycles. The molecule has 0 spiro atoms. The van der Waals surface area contributed by atoms with E-state index in [0.29, 0.717) is 5.56 Å². The largest absolute Gasteiger partial charge is 0.504 e. The Morgan fingerprint density at radius 2 is 1.64 bits per heavy atom. The van der Waals surface area contributed by atoms with Gasteiger partial charge in [-0.2, -0.15) is 0 Å². The zero-order chi connectivity index (χ0) is 21.7. The van der Waals surface area contributed by atoms with Crippen LogP contribution in [0.5, 0.6) is 11.5 Å². The fourth-order valence-corrected chi connectivity index (χ4v) is 1.68. The minimum absolute atomic E-state index is 0.114. The van der Waals surface area contributed by atoms with Gasteiger partial charge in [-0.05, 0) is 36.2 Å². The monoisotopic (exact) mass is 392 g/mol. The van der Waals surface area contributed by atoms with Gasteiger partial charge in [0.15, 0.2) is 11.5 Å². The van der Waals surface area contributed by atoms with Gasteiger partial charge in [-0.25, -0.2) is 0 Å². The van der Waals surface area contributed by atoms with E-state index >= 15 is 0 Å². The third kappa shape index (κ3) is 10.6. The Bertz CT molecular complexity index is 724. The molecule has 0 radical (unpaired) electrons. The third-order valence-corrected chi connectivity index (χ3v) is 3.20. The van der Waals surface area contributed by atoms with Gasteiger partial charge in [0, 0.05) is 46.3 Å². The SMILES string of the molecule is CN(C)C=O.CN(C)c1ccncc1.N[C@@H](Cc1ccc(O)c(O)c1)C(=O)O. The maximum absolute atomic E-state index is 10.4. The number of carbonyl (C=O) groups is 2. The lowest BCUT2D eigenvalue weighted by Gasteiger charge is -2.10. The van der Waals surface area contributed by atoms with Crippen LogP contribution in [0.1, 0.15) is 5.56 Å². The number of phenols is 2. The molecule has 154 valence electrons. The number of aromatic hydroxyl groups is 2. The van der Waals surface area contributed by atoms with Gasteiger partial charge in [0.25, 0.3) is 0 Å². The quantitative estimate of drug-likeness (QED) is 0.435. The highest BCUT2D eigenvalue weighted by Gasteiger charge is 2.12. The number of amides is 1. The zero-order valence-electron chi connectivity index (χ0n) is 16.5. The molecule has 0 aliphatic rings. The fraction of sp³-hybridized carbons (Fsp3) is 0.316. The number of rotatable bonds is 5. The minimum atomic E-state index is -1.10. The number of benzene rings is 1. The van der Waals surface area contributed by atoms with Crippen molar-refractivity contribution in [2.45, 2.75) is 12.5 Å². The molecule has 9 nitrogen and oxygen atoms in total. The molecule has 0 bridgehead atoms. The highest BCUT2D eigenvalue weighted by atomic mass is 16.4. The Hall–Kier alpha value is -3.33. The summed E-state index contributed by atoms with van der Waals surface area (Å²) in [5.41, 5.74) is 7.04. The van der Waals surface area contributed by atoms with Crippen LogP contribution in [-0.4, -0.2) is 71.8 Å². The van der Waals surface area contributed by atoms with Crippen LogP contribution in [0.3, 0.4) is 0 Å². The van der Waals surface area contributed by atoms with E-state index in [4.69, 9.17) is 21.1 Å². The molecule has 0 fully saturated rings. The standard InChI is InChI=1S/C9H11NO4.C7H10N2.C3H7NO/c10-6(9(13)14)3-5-1-2-7(11)8(12)4-5;1-9(2)7-3-5-8-6-4-7;1-4(2)3-5/h1-2,4,6,11-12H,3,10H2,(H,13,14);3-6H,1-2H3;3H,1-2H3/t6-;;/m0../s1. The molecular formula is C19H28N4O5. The first-order valence-corrected chi connectivity index (χ1v) is 8.26. The number of hydrogen-bond donors (Lipinski definition) is 4. The maximum Gasteiger partial charge on any atom is 0.320 e. The van der Waals surface area contributed by atoms with Gasteiger partial charge in [0.1, 0.15) is 6.04 Å². The Labute approximate surface area is 164 Å². The second-order valence-electron chi connectivity index (χ2n) is 6.14. The van der Waals surface area contributed by atoms with Crippen LogP contribution in [0.15, 0.2) is 42.7 Å². The first-order valence-electron chi connectivity index (χ1n) is 8.26. The molecule has 0 saturated carbocycles. The van der Waals surface area contributed by atoms with Crippen LogP contribution in [0, 0.1) is 0 Å². The number of carboxylic acids is 1. The van der Waals surface area contributed by atoms with Crippen LogP contribution in [0.4, 0.5) is 5.69 Å². The van der Waals surface area contributed by atoms with Gasteiger partial charge in [0.05, 0.1) is 0 Å². The van der Waals surface area contributed by atoms with Crippen LogP contribution in [0.2, 0.25) is 0 Å². The predicted molar refractivity (Wildman–Crippen MR) is 107 cm³/mol. The second-order valence-corrected chi connectivity index (χ2v) is 6.14. The number of nitrogens with zero attached hydrogens (tertiary/aromatic N) is 3. The van der Waals surface area contributed by atoms with E-state index < -0.39 is 12.0 Å². The van der Waals surface area contributed by atoms with Crippen molar-refractivity contribution in [2.75, 3.05) is 33.1 Å². The Kier molecular flexibility index (Phi) is 11.4. The molecule has 2 rings (SSSR count). The van der Waals surface area contributed by atoms with Crippen molar-refractivity contribution in [1.29, 1.82) is 0 Å². The van der Waals surface area contributed by atoms with E-state index in [-0.39, 0.29) is 17.9 Å². The van der Waals surface area contributed by atoms with E-state index in [2.05, 4.69) is 4.98 Å². The summed E-state index contributed by atoms with van der Waals surface area (Å²) in [4.78, 5) is 27.2. The lowest BCUT2D eigenvalue weighted by Crippen LogP contribution is -2.32. The summed E-state index contributed by atoms with van der Waals surface area (Å²) in [6, 6.07) is 7.04. The summed E-state index contributed by atoms with van der Waals surface area (Å²) < 4.78 is 0. The first-order chi connectivity index (χ1) is 13.1. The van der Waals surface area contributed by atoms with E-state index in [9.17, 15) is 9.59 Å². The van der Waals surface area contributed by atoms with E-state index in [1.165, 1.54) is 28.8 Å². The van der Waals surface area contributed by atoms with Crippen molar-refractivity contribution in [3.63, 3.8) is 0 Å². The predicted octanol–water partition coefficient (Wildman–Crippen LogP) is 0.904. The van der Waals surface area contributed by atoms with Gasteiger partial charge < -0.3 is 30.9 Å². The molecule has 1 amide bonds. The summed E-state index contributed by atoms with van der Waals surface area (Å²) >= 11 is 0. The molecule has 9 heteroatoms. The van der Waals surface area contributed by atoms with E-state index in [1.807, 2.05) is 31.1 Å². The first kappa shape index (κ1) is 24.7. The molecular weight excluding hydrogens is 364 g/mol. The molecule has 0 unspecified atom stereocenters. The summed E-state index contributed by atoms with van der Waals surface area (Å²) in [6.07, 6.45) is 4.44. The van der Waals surface area contributed by atoms with Crippen LogP contribution in [0.25, 0.3) is 0 Å². The summed E-state index contributed by atoms with van der Waals surface area (Å²) in [7, 11) is 7.39. The van der Waals surface area contributed by atoms with Crippen LogP contribution >= 0.6 is 0 Å². The lowest BCUT2D eigenvalue weighted by atomic mass is 10.1. The normalized spacial score (nSPS) is 10.3. The smallest absolute Gasteiger partial charge is 0.320 e. The summed E-state index contributed by atoms with van der Waals surface area (Å²) in [5, 5.41) is 26.6. The molecule has 0 aliphatic heterocycles. The molecule has 1 atom stereocenters. The molecule has 28 heavy (non-hydrogen) atoms. The Balaban J connectivity index is 0.000000445. The number of nitrogens with two attached hydrogens (primary N) is 1. The number of aliphatic carboxylic acids is 1. The van der Waals surface area contributed by atoms with Gasteiger partial charge in [-0.3, -0.25) is 14.6 Å². The topological polar surface area (TPSA) is 140 Å². The van der Waals surface area contributed by atoms with Crippen LogP contribution < -0.4 is 10.6 Å². The number of hydrogen-bond acceptors (Lipinski definition) is 7. The maximum atomic E-state index is 10.4. The van der Waals surface area contributed by atoms with Crippen molar-refractivity contribution in [3.8, 4) is 11.5 Å². The van der Waals surface area contributed by atoms with Crippen LogP contribution in [-0.2, 0) is 16.0 Å². The number of anilines is 1. The molecule has 1 heterocycles. The molecule has 0 aliphatic carbocycles. The van der Waals surface area contributed by atoms with Crippen molar-refractivity contribution in [2.24, 2.45) is 5.73 Å². The summed E-state index contributed by atoms with van der Waals surface area (Å²) in [6.45, 7) is 0.